The Balaban J connectivity index is 3.16. The van der Waals surface area contributed by atoms with Crippen LogP contribution in [0.5, 0.6) is 0 Å². The van der Waals surface area contributed by atoms with Crippen molar-refractivity contribution in [2.45, 2.75) is 25.3 Å². The molecule has 0 unspecified atom stereocenters. The third-order valence-electron chi connectivity index (χ3n) is 2.55. The summed E-state index contributed by atoms with van der Waals surface area (Å²) in [6, 6.07) is 3.37. The third kappa shape index (κ3) is 3.89. The first kappa shape index (κ1) is 15.9. The van der Waals surface area contributed by atoms with Crippen molar-refractivity contribution in [2.75, 3.05) is 31.6 Å². The second kappa shape index (κ2) is 7.42. The number of anilines is 1. The molecule has 0 amide bonds. The minimum absolute atomic E-state index is 0.0127. The molecule has 7 heteroatoms. The van der Waals surface area contributed by atoms with E-state index >= 15 is 0 Å². The van der Waals surface area contributed by atoms with Crippen molar-refractivity contribution in [3.05, 3.63) is 18.3 Å². The summed E-state index contributed by atoms with van der Waals surface area (Å²) in [4.78, 5) is 3.98. The van der Waals surface area contributed by atoms with E-state index in [0.29, 0.717) is 25.2 Å². The summed E-state index contributed by atoms with van der Waals surface area (Å²) < 4.78 is 26.3. The standard InChI is InChI=1S/C12H21N3O3S/c1-3-8-15(9-10-16)19(17,18)12-11(13-4-2)6-5-7-14-12/h5-7,13,16H,3-4,8-10H2,1-2H3. The van der Waals surface area contributed by atoms with Crippen LogP contribution in [0.2, 0.25) is 0 Å². The van der Waals surface area contributed by atoms with Gasteiger partial charge >= 0.3 is 0 Å². The molecule has 1 heterocycles. The molecule has 108 valence electrons. The van der Waals surface area contributed by atoms with Gasteiger partial charge in [-0.05, 0) is 25.5 Å². The van der Waals surface area contributed by atoms with Crippen LogP contribution in [-0.2, 0) is 10.0 Å². The van der Waals surface area contributed by atoms with Gasteiger partial charge in [0.2, 0.25) is 0 Å². The normalized spacial score (nSPS) is 11.8. The zero-order valence-electron chi connectivity index (χ0n) is 11.3. The number of aliphatic hydroxyl groups is 1. The van der Waals surface area contributed by atoms with Crippen molar-refractivity contribution >= 4 is 15.7 Å². The minimum atomic E-state index is -3.68. The summed E-state index contributed by atoms with van der Waals surface area (Å²) in [7, 11) is -3.68. The molecule has 0 saturated heterocycles. The van der Waals surface area contributed by atoms with Crippen LogP contribution in [0, 0.1) is 0 Å². The molecular formula is C12H21N3O3S. The van der Waals surface area contributed by atoms with Gasteiger partial charge in [0.05, 0.1) is 12.3 Å². The van der Waals surface area contributed by atoms with Crippen LogP contribution in [-0.4, -0.2) is 49.1 Å². The summed E-state index contributed by atoms with van der Waals surface area (Å²) in [6.45, 7) is 4.64. The highest BCUT2D eigenvalue weighted by atomic mass is 32.2. The van der Waals surface area contributed by atoms with Gasteiger partial charge in [-0.2, -0.15) is 4.31 Å². The van der Waals surface area contributed by atoms with Crippen molar-refractivity contribution in [1.82, 2.24) is 9.29 Å². The lowest BCUT2D eigenvalue weighted by molar-refractivity contribution is 0.253. The molecule has 0 bridgehead atoms. The van der Waals surface area contributed by atoms with E-state index in [0.717, 1.165) is 0 Å². The number of nitrogens with one attached hydrogen (secondary N) is 1. The molecule has 0 fully saturated rings. The molecule has 0 radical (unpaired) electrons. The van der Waals surface area contributed by atoms with Gasteiger partial charge in [-0.25, -0.2) is 13.4 Å². The lowest BCUT2D eigenvalue weighted by atomic mass is 10.4. The predicted molar refractivity (Wildman–Crippen MR) is 74.5 cm³/mol. The highest BCUT2D eigenvalue weighted by Gasteiger charge is 2.27. The van der Waals surface area contributed by atoms with Crippen molar-refractivity contribution in [1.29, 1.82) is 0 Å². The molecule has 0 aliphatic rings. The Labute approximate surface area is 114 Å². The second-order valence-corrected chi connectivity index (χ2v) is 5.87. The molecule has 19 heavy (non-hydrogen) atoms. The van der Waals surface area contributed by atoms with E-state index in [1.807, 2.05) is 13.8 Å². The van der Waals surface area contributed by atoms with Gasteiger partial charge in [-0.1, -0.05) is 6.92 Å². The number of rotatable bonds is 8. The molecule has 0 aliphatic heterocycles. The largest absolute Gasteiger partial charge is 0.395 e. The van der Waals surface area contributed by atoms with Gasteiger partial charge in [0.15, 0.2) is 5.03 Å². The number of nitrogens with zero attached hydrogens (tertiary/aromatic N) is 2. The number of aromatic nitrogens is 1. The fraction of sp³-hybridized carbons (Fsp3) is 0.583. The van der Waals surface area contributed by atoms with Gasteiger partial charge in [0.25, 0.3) is 10.0 Å². The van der Waals surface area contributed by atoms with Gasteiger partial charge in [-0.3, -0.25) is 0 Å². The van der Waals surface area contributed by atoms with E-state index in [1.54, 1.807) is 12.1 Å². The van der Waals surface area contributed by atoms with E-state index in [9.17, 15) is 8.42 Å². The first-order valence-electron chi connectivity index (χ1n) is 6.37. The van der Waals surface area contributed by atoms with Crippen LogP contribution in [0.3, 0.4) is 0 Å². The summed E-state index contributed by atoms with van der Waals surface area (Å²) in [5, 5.41) is 12.0. The molecule has 0 atom stereocenters. The molecular weight excluding hydrogens is 266 g/mol. The Kier molecular flexibility index (Phi) is 6.20. The van der Waals surface area contributed by atoms with Crippen molar-refractivity contribution in [2.24, 2.45) is 0 Å². The lowest BCUT2D eigenvalue weighted by Gasteiger charge is -2.21. The van der Waals surface area contributed by atoms with Crippen LogP contribution in [0.25, 0.3) is 0 Å². The molecule has 0 aliphatic carbocycles. The molecule has 1 aromatic heterocycles. The van der Waals surface area contributed by atoms with E-state index in [1.165, 1.54) is 10.5 Å². The van der Waals surface area contributed by atoms with Crippen LogP contribution in [0.1, 0.15) is 20.3 Å². The Bertz CT molecular complexity index is 485. The first-order valence-corrected chi connectivity index (χ1v) is 7.81. The van der Waals surface area contributed by atoms with Gasteiger partial charge in [-0.15, -0.1) is 0 Å². The van der Waals surface area contributed by atoms with Gasteiger partial charge in [0.1, 0.15) is 0 Å². The second-order valence-electron chi connectivity index (χ2n) is 4.01. The Morgan fingerprint density at radius 2 is 2.11 bits per heavy atom. The Morgan fingerprint density at radius 1 is 1.37 bits per heavy atom. The third-order valence-corrected chi connectivity index (χ3v) is 4.40. The highest BCUT2D eigenvalue weighted by Crippen LogP contribution is 2.21. The molecule has 1 rings (SSSR count). The quantitative estimate of drug-likeness (QED) is 0.742. The molecule has 0 aromatic carbocycles. The average molecular weight is 287 g/mol. The zero-order chi connectivity index (χ0) is 14.3. The van der Waals surface area contributed by atoms with E-state index in [2.05, 4.69) is 10.3 Å². The number of aliphatic hydroxyl groups excluding tert-OH is 1. The molecule has 0 saturated carbocycles. The fourth-order valence-electron chi connectivity index (χ4n) is 1.76. The maximum Gasteiger partial charge on any atom is 0.262 e. The van der Waals surface area contributed by atoms with E-state index in [-0.39, 0.29) is 18.2 Å². The summed E-state index contributed by atoms with van der Waals surface area (Å²) in [5.41, 5.74) is 0.490. The maximum absolute atomic E-state index is 12.5. The van der Waals surface area contributed by atoms with Gasteiger partial charge in [0, 0.05) is 25.8 Å². The summed E-state index contributed by atoms with van der Waals surface area (Å²) in [5.74, 6) is 0. The summed E-state index contributed by atoms with van der Waals surface area (Å²) in [6.07, 6.45) is 2.14. The molecule has 2 N–H and O–H groups in total. The van der Waals surface area contributed by atoms with Crippen molar-refractivity contribution < 1.29 is 13.5 Å². The smallest absolute Gasteiger partial charge is 0.262 e. The summed E-state index contributed by atoms with van der Waals surface area (Å²) >= 11 is 0. The van der Waals surface area contributed by atoms with E-state index in [4.69, 9.17) is 5.11 Å². The molecule has 6 nitrogen and oxygen atoms in total. The van der Waals surface area contributed by atoms with Crippen LogP contribution in [0.4, 0.5) is 5.69 Å². The van der Waals surface area contributed by atoms with Crippen molar-refractivity contribution in [3.8, 4) is 0 Å². The van der Waals surface area contributed by atoms with Crippen LogP contribution >= 0.6 is 0 Å². The minimum Gasteiger partial charge on any atom is -0.395 e. The van der Waals surface area contributed by atoms with Crippen LogP contribution < -0.4 is 5.32 Å². The monoisotopic (exact) mass is 287 g/mol. The lowest BCUT2D eigenvalue weighted by Crippen LogP contribution is -2.35. The maximum atomic E-state index is 12.5. The number of sulfonamides is 1. The fourth-order valence-corrected chi connectivity index (χ4v) is 3.36. The average Bonchev–Trinajstić information content (AvgIpc) is 2.39. The number of hydrogen-bond donors (Lipinski definition) is 2. The van der Waals surface area contributed by atoms with Crippen molar-refractivity contribution in [3.63, 3.8) is 0 Å². The van der Waals surface area contributed by atoms with Gasteiger partial charge < -0.3 is 10.4 Å². The molecule has 1 aromatic rings. The Hall–Kier alpha value is -1.18. The SMILES string of the molecule is CCCN(CCO)S(=O)(=O)c1ncccc1NCC. The molecule has 0 spiro atoms. The van der Waals surface area contributed by atoms with E-state index < -0.39 is 10.0 Å². The predicted octanol–water partition coefficient (Wildman–Crippen LogP) is 0.906. The zero-order valence-corrected chi connectivity index (χ0v) is 12.2. The highest BCUT2D eigenvalue weighted by molar-refractivity contribution is 7.89. The first-order chi connectivity index (χ1) is 9.07. The number of pyridine rings is 1. The topological polar surface area (TPSA) is 82.5 Å². The van der Waals surface area contributed by atoms with Crippen LogP contribution in [0.15, 0.2) is 23.4 Å². The Morgan fingerprint density at radius 3 is 2.68 bits per heavy atom. The number of hydrogen-bond acceptors (Lipinski definition) is 5.